The van der Waals surface area contributed by atoms with Gasteiger partial charge in [0.25, 0.3) is 11.5 Å². The van der Waals surface area contributed by atoms with Gasteiger partial charge in [-0.05, 0) is 93.8 Å². The number of carbonyl (C=O) groups is 2. The lowest BCUT2D eigenvalue weighted by Crippen LogP contribution is -2.42. The largest absolute Gasteiger partial charge is 0.371 e. The molecule has 0 saturated heterocycles. The fourth-order valence-corrected chi connectivity index (χ4v) is 5.26. The first-order valence-electron chi connectivity index (χ1n) is 12.8. The number of aryl methyl sites for hydroxylation is 2. The van der Waals surface area contributed by atoms with Crippen LogP contribution in [-0.4, -0.2) is 42.1 Å². The molecular formula is C29H39N5O3. The molecule has 1 aromatic carbocycles. The Bertz CT molecular complexity index is 1270. The molecule has 1 aliphatic rings. The van der Waals surface area contributed by atoms with Crippen LogP contribution in [0, 0.1) is 26.2 Å². The lowest BCUT2D eigenvalue weighted by atomic mass is 9.89. The molecule has 1 fully saturated rings. The summed E-state index contributed by atoms with van der Waals surface area (Å²) in [5.41, 5.74) is 5.80. The molecule has 0 radical (unpaired) electrons. The van der Waals surface area contributed by atoms with E-state index in [9.17, 15) is 14.4 Å². The van der Waals surface area contributed by atoms with E-state index in [-0.39, 0.29) is 36.0 Å². The van der Waals surface area contributed by atoms with E-state index in [1.165, 1.54) is 6.21 Å². The van der Waals surface area contributed by atoms with Gasteiger partial charge in [-0.15, -0.1) is 0 Å². The molecule has 0 bridgehead atoms. The number of hydrogen-bond donors (Lipinski definition) is 4. The van der Waals surface area contributed by atoms with Gasteiger partial charge in [-0.1, -0.05) is 6.08 Å². The number of benzene rings is 1. The van der Waals surface area contributed by atoms with Crippen LogP contribution in [0.3, 0.4) is 0 Å². The van der Waals surface area contributed by atoms with Crippen LogP contribution >= 0.6 is 0 Å². The molecule has 1 heterocycles. The quantitative estimate of drug-likeness (QED) is 0.403. The highest BCUT2D eigenvalue weighted by molar-refractivity contribution is 6.10. The minimum Gasteiger partial charge on any atom is -0.371 e. The van der Waals surface area contributed by atoms with E-state index in [0.717, 1.165) is 59.3 Å². The number of carbonyl (C=O) groups excluding carboxylic acids is 2. The van der Waals surface area contributed by atoms with Gasteiger partial charge in [0.1, 0.15) is 0 Å². The minimum atomic E-state index is -0.261. The van der Waals surface area contributed by atoms with Crippen LogP contribution in [0.4, 0.5) is 5.69 Å². The van der Waals surface area contributed by atoms with Crippen molar-refractivity contribution in [2.75, 3.05) is 11.9 Å². The van der Waals surface area contributed by atoms with Crippen LogP contribution in [0.25, 0.3) is 5.57 Å². The number of H-pyrrole nitrogens is 1. The van der Waals surface area contributed by atoms with Gasteiger partial charge in [-0.2, -0.15) is 0 Å². The normalized spacial score (nSPS) is 17.7. The first-order valence-corrected chi connectivity index (χ1v) is 12.8. The number of allylic oxidation sites excluding steroid dienone is 2. The van der Waals surface area contributed by atoms with E-state index in [2.05, 4.69) is 20.5 Å². The molecule has 1 aromatic heterocycles. The van der Waals surface area contributed by atoms with Crippen molar-refractivity contribution in [3.05, 3.63) is 68.1 Å². The van der Waals surface area contributed by atoms with Gasteiger partial charge in [0.2, 0.25) is 5.91 Å². The summed E-state index contributed by atoms with van der Waals surface area (Å²) in [5.74, 6) is -0.257. The number of rotatable bonds is 8. The third-order valence-electron chi connectivity index (χ3n) is 7.38. The smallest absolute Gasteiger partial charge is 0.253 e. The molecule has 2 aromatic rings. The van der Waals surface area contributed by atoms with Gasteiger partial charge < -0.3 is 25.9 Å². The Balaban J connectivity index is 1.91. The maximum Gasteiger partial charge on any atom is 0.253 e. The van der Waals surface area contributed by atoms with Gasteiger partial charge in [-0.25, -0.2) is 0 Å². The van der Waals surface area contributed by atoms with Crippen molar-refractivity contribution in [1.29, 1.82) is 5.41 Å². The zero-order valence-electron chi connectivity index (χ0n) is 22.7. The summed E-state index contributed by atoms with van der Waals surface area (Å²) < 4.78 is 0. The van der Waals surface area contributed by atoms with Crippen LogP contribution in [0.15, 0.2) is 29.1 Å². The summed E-state index contributed by atoms with van der Waals surface area (Å²) in [6.45, 7) is 9.20. The van der Waals surface area contributed by atoms with Crippen molar-refractivity contribution in [3.8, 4) is 0 Å². The van der Waals surface area contributed by atoms with Crippen LogP contribution in [0.1, 0.15) is 77.8 Å². The number of amides is 2. The molecule has 2 amide bonds. The van der Waals surface area contributed by atoms with Crippen molar-refractivity contribution in [2.45, 2.75) is 78.9 Å². The molecule has 8 nitrogen and oxygen atoms in total. The van der Waals surface area contributed by atoms with Crippen LogP contribution in [0.2, 0.25) is 0 Å². The number of nitrogens with one attached hydrogen (secondary N) is 4. The van der Waals surface area contributed by atoms with E-state index >= 15 is 0 Å². The third kappa shape index (κ3) is 6.56. The summed E-state index contributed by atoms with van der Waals surface area (Å²) in [6.07, 6.45) is 6.84. The summed E-state index contributed by atoms with van der Waals surface area (Å²) in [4.78, 5) is 42.3. The molecule has 4 N–H and O–H groups in total. The van der Waals surface area contributed by atoms with Crippen LogP contribution in [0.5, 0.6) is 0 Å². The average molecular weight is 506 g/mol. The average Bonchev–Trinajstić information content (AvgIpc) is 2.84. The maximum atomic E-state index is 13.4. The fraction of sp³-hybridized carbons (Fsp3) is 0.448. The van der Waals surface area contributed by atoms with Gasteiger partial charge in [0, 0.05) is 61.3 Å². The van der Waals surface area contributed by atoms with Crippen molar-refractivity contribution in [1.82, 2.24) is 15.6 Å². The predicted molar refractivity (Wildman–Crippen MR) is 150 cm³/mol. The highest BCUT2D eigenvalue weighted by atomic mass is 16.2. The fourth-order valence-electron chi connectivity index (χ4n) is 5.26. The molecule has 198 valence electrons. The summed E-state index contributed by atoms with van der Waals surface area (Å²) in [6, 6.07) is 6.24. The Kier molecular flexibility index (Phi) is 9.08. The minimum absolute atomic E-state index is 0.00403. The highest BCUT2D eigenvalue weighted by Crippen LogP contribution is 2.33. The molecule has 3 rings (SSSR count). The highest BCUT2D eigenvalue weighted by Gasteiger charge is 2.27. The Morgan fingerprint density at radius 2 is 1.81 bits per heavy atom. The SMILES string of the molecule is C/C=C(\C=N)c1cc(C(=O)NCc2c(C)cc(C)[nH]c2=O)c(C)c(N(C)[C@H]2CC[C@@H](NC(C)=O)CC2)c1. The first-order chi connectivity index (χ1) is 17.5. The Labute approximate surface area is 219 Å². The monoisotopic (exact) mass is 505 g/mol. The third-order valence-corrected chi connectivity index (χ3v) is 7.38. The summed E-state index contributed by atoms with van der Waals surface area (Å²) in [7, 11) is 2.05. The van der Waals surface area contributed by atoms with E-state index in [4.69, 9.17) is 5.41 Å². The summed E-state index contributed by atoms with van der Waals surface area (Å²) in [5, 5.41) is 13.8. The lowest BCUT2D eigenvalue weighted by Gasteiger charge is -2.37. The number of pyridine rings is 1. The predicted octanol–water partition coefficient (Wildman–Crippen LogP) is 4.17. The van der Waals surface area contributed by atoms with Crippen LogP contribution in [-0.2, 0) is 11.3 Å². The van der Waals surface area contributed by atoms with E-state index in [1.807, 2.05) is 59.0 Å². The second-order valence-electron chi connectivity index (χ2n) is 10.00. The standard InChI is InChI=1S/C29H39N5O3/c1-7-21(15-30)22-13-25(28(36)31-16-26-17(2)12-18(3)32-29(26)37)19(4)27(14-22)34(6)24-10-8-23(9-11-24)33-20(5)35/h7,12-15,23-24,30H,8-11,16H2,1-6H3,(H,31,36)(H,32,37)(H,33,35)/b21-7+,30-15?/t23-,24+. The topological polar surface area (TPSA) is 118 Å². The number of aromatic nitrogens is 1. The van der Waals surface area contributed by atoms with Gasteiger partial charge in [0.15, 0.2) is 0 Å². The van der Waals surface area contributed by atoms with Crippen molar-refractivity contribution < 1.29 is 9.59 Å². The Morgan fingerprint density at radius 3 is 2.38 bits per heavy atom. The number of anilines is 1. The second kappa shape index (κ2) is 12.0. The molecular weight excluding hydrogens is 466 g/mol. The van der Waals surface area contributed by atoms with Gasteiger partial charge in [0.05, 0.1) is 0 Å². The molecule has 1 saturated carbocycles. The zero-order chi connectivity index (χ0) is 27.3. The Hall–Kier alpha value is -3.68. The lowest BCUT2D eigenvalue weighted by molar-refractivity contribution is -0.119. The number of aromatic amines is 1. The number of nitrogens with zero attached hydrogens (tertiary/aromatic N) is 1. The van der Waals surface area contributed by atoms with Crippen LogP contribution < -0.4 is 21.1 Å². The van der Waals surface area contributed by atoms with Gasteiger partial charge >= 0.3 is 0 Å². The molecule has 0 aliphatic heterocycles. The molecule has 8 heteroatoms. The van der Waals surface area contributed by atoms with Crippen molar-refractivity contribution >= 4 is 29.3 Å². The van der Waals surface area contributed by atoms with Crippen molar-refractivity contribution in [2.24, 2.45) is 0 Å². The van der Waals surface area contributed by atoms with E-state index < -0.39 is 0 Å². The van der Waals surface area contributed by atoms with Crippen molar-refractivity contribution in [3.63, 3.8) is 0 Å². The second-order valence-corrected chi connectivity index (χ2v) is 10.00. The zero-order valence-corrected chi connectivity index (χ0v) is 22.7. The van der Waals surface area contributed by atoms with Gasteiger partial charge in [-0.3, -0.25) is 14.4 Å². The number of hydrogen-bond acceptors (Lipinski definition) is 5. The maximum absolute atomic E-state index is 13.4. The summed E-state index contributed by atoms with van der Waals surface area (Å²) >= 11 is 0. The Morgan fingerprint density at radius 1 is 1.14 bits per heavy atom. The molecule has 1 aliphatic carbocycles. The van der Waals surface area contributed by atoms with E-state index in [1.54, 1.807) is 6.92 Å². The molecule has 0 spiro atoms. The molecule has 37 heavy (non-hydrogen) atoms. The first kappa shape index (κ1) is 27.9. The molecule has 0 atom stereocenters. The van der Waals surface area contributed by atoms with E-state index in [0.29, 0.717) is 11.1 Å². The molecule has 0 unspecified atom stereocenters.